The molecule has 0 aliphatic carbocycles. The van der Waals surface area contributed by atoms with Crippen LogP contribution in [0.1, 0.15) is 21.6 Å². The van der Waals surface area contributed by atoms with Crippen molar-refractivity contribution in [3.8, 4) is 5.69 Å². The maximum absolute atomic E-state index is 14.3. The molecule has 2 aromatic heterocycles. The van der Waals surface area contributed by atoms with Crippen LogP contribution in [0.4, 0.5) is 15.9 Å². The van der Waals surface area contributed by atoms with E-state index in [0.29, 0.717) is 5.69 Å². The van der Waals surface area contributed by atoms with Crippen LogP contribution < -0.4 is 21.9 Å². The summed E-state index contributed by atoms with van der Waals surface area (Å²) in [7, 11) is 1.48. The first-order valence-corrected chi connectivity index (χ1v) is 11.2. The molecule has 2 aromatic carbocycles. The zero-order valence-electron chi connectivity index (χ0n) is 19.7. The van der Waals surface area contributed by atoms with Crippen molar-refractivity contribution >= 4 is 17.4 Å². The third kappa shape index (κ3) is 5.10. The highest BCUT2D eigenvalue weighted by Crippen LogP contribution is 2.21. The lowest BCUT2D eigenvalue weighted by Crippen LogP contribution is -2.36. The van der Waals surface area contributed by atoms with Crippen molar-refractivity contribution in [2.24, 2.45) is 0 Å². The number of amides is 1. The minimum Gasteiger partial charge on any atom is -0.383 e. The van der Waals surface area contributed by atoms with Gasteiger partial charge in [0.15, 0.2) is 0 Å². The number of carbonyl (C=O) groups excluding carboxylic acids is 1. The molecule has 3 N–H and O–H groups in total. The van der Waals surface area contributed by atoms with E-state index in [4.69, 9.17) is 4.74 Å². The van der Waals surface area contributed by atoms with Gasteiger partial charge in [-0.25, -0.2) is 13.9 Å². The number of aromatic amines is 1. The van der Waals surface area contributed by atoms with Crippen LogP contribution in [-0.4, -0.2) is 39.0 Å². The number of halogens is 1. The van der Waals surface area contributed by atoms with Crippen molar-refractivity contribution in [1.82, 2.24) is 19.3 Å². The summed E-state index contributed by atoms with van der Waals surface area (Å²) >= 11 is 0. The van der Waals surface area contributed by atoms with Crippen molar-refractivity contribution in [2.45, 2.75) is 20.0 Å². The zero-order chi connectivity index (χ0) is 25.7. The van der Waals surface area contributed by atoms with E-state index in [1.807, 2.05) is 30.3 Å². The van der Waals surface area contributed by atoms with Crippen molar-refractivity contribution < 1.29 is 13.9 Å². The molecule has 0 spiro atoms. The first-order valence-electron chi connectivity index (χ1n) is 11.2. The van der Waals surface area contributed by atoms with Crippen LogP contribution in [0.15, 0.2) is 70.4 Å². The second kappa shape index (κ2) is 10.8. The zero-order valence-corrected chi connectivity index (χ0v) is 19.7. The summed E-state index contributed by atoms with van der Waals surface area (Å²) < 4.78 is 21.9. The average molecular weight is 493 g/mol. The van der Waals surface area contributed by atoms with Crippen LogP contribution in [-0.2, 0) is 17.8 Å². The lowest BCUT2D eigenvalue weighted by Gasteiger charge is -2.18. The van der Waals surface area contributed by atoms with Crippen molar-refractivity contribution in [3.63, 3.8) is 0 Å². The van der Waals surface area contributed by atoms with E-state index in [1.54, 1.807) is 25.1 Å². The molecule has 4 aromatic rings. The standard InChI is InChI=1S/C25H25FN6O4/c1-16-18(15-28-32(16)20-11-7-6-10-19(20)26)23(33)29-22-21(27-14-17-8-4-3-5-9-17)24(34)30-25(35)31(22)12-13-36-2/h3-11,15,27H,12-14H2,1-2H3,(H,29,33)(H,30,34,35). The monoisotopic (exact) mass is 492 g/mol. The Morgan fingerprint density at radius 3 is 2.56 bits per heavy atom. The Labute approximate surface area is 205 Å². The van der Waals surface area contributed by atoms with Crippen LogP contribution in [0, 0.1) is 12.7 Å². The number of carbonyl (C=O) groups is 1. The molecule has 36 heavy (non-hydrogen) atoms. The molecule has 0 saturated heterocycles. The van der Waals surface area contributed by atoms with Gasteiger partial charge in [-0.1, -0.05) is 42.5 Å². The van der Waals surface area contributed by atoms with Crippen LogP contribution in [0.3, 0.4) is 0 Å². The Morgan fingerprint density at radius 1 is 1.11 bits per heavy atom. The predicted octanol–water partition coefficient (Wildman–Crippen LogP) is 2.68. The molecular weight excluding hydrogens is 467 g/mol. The maximum atomic E-state index is 14.3. The third-order valence-corrected chi connectivity index (χ3v) is 5.60. The number of anilines is 2. The van der Waals surface area contributed by atoms with E-state index >= 15 is 0 Å². The Bertz CT molecular complexity index is 1490. The minimum atomic E-state index is -0.698. The summed E-state index contributed by atoms with van der Waals surface area (Å²) in [6.45, 7) is 2.14. The molecule has 0 aliphatic rings. The first-order chi connectivity index (χ1) is 17.4. The van der Waals surface area contributed by atoms with Crippen molar-refractivity contribution in [2.75, 3.05) is 24.4 Å². The normalized spacial score (nSPS) is 10.9. The molecular formula is C25H25FN6O4. The molecule has 1 amide bonds. The van der Waals surface area contributed by atoms with E-state index in [0.717, 1.165) is 5.56 Å². The summed E-state index contributed by atoms with van der Waals surface area (Å²) in [4.78, 5) is 40.9. The number of H-pyrrole nitrogens is 1. The lowest BCUT2D eigenvalue weighted by molar-refractivity contribution is 0.102. The van der Waals surface area contributed by atoms with Crippen LogP contribution in [0.2, 0.25) is 0 Å². The summed E-state index contributed by atoms with van der Waals surface area (Å²) in [5.41, 5.74) is 0.251. The number of ether oxygens (including phenoxy) is 1. The Kier molecular flexibility index (Phi) is 7.40. The molecule has 0 bridgehead atoms. The molecule has 0 unspecified atom stereocenters. The SMILES string of the molecule is COCCn1c(NC(=O)c2cnn(-c3ccccc3F)c2C)c(NCc2ccccc2)c(=O)[nH]c1=O. The van der Waals surface area contributed by atoms with Gasteiger partial charge in [0.25, 0.3) is 11.5 Å². The summed E-state index contributed by atoms with van der Waals surface area (Å²) in [6.07, 6.45) is 1.30. The number of rotatable bonds is 9. The molecule has 2 heterocycles. The number of hydrogen-bond donors (Lipinski definition) is 3. The van der Waals surface area contributed by atoms with Gasteiger partial charge in [0.2, 0.25) is 0 Å². The number of para-hydroxylation sites is 1. The smallest absolute Gasteiger partial charge is 0.330 e. The highest BCUT2D eigenvalue weighted by atomic mass is 19.1. The minimum absolute atomic E-state index is 0.0141. The summed E-state index contributed by atoms with van der Waals surface area (Å²) in [5.74, 6) is -1.13. The van der Waals surface area contributed by atoms with Gasteiger partial charge in [0, 0.05) is 13.7 Å². The molecule has 186 valence electrons. The Morgan fingerprint density at radius 2 is 1.83 bits per heavy atom. The van der Waals surface area contributed by atoms with Gasteiger partial charge in [-0.2, -0.15) is 5.10 Å². The van der Waals surface area contributed by atoms with Gasteiger partial charge >= 0.3 is 5.69 Å². The Balaban J connectivity index is 1.71. The van der Waals surface area contributed by atoms with E-state index < -0.39 is 23.0 Å². The topological polar surface area (TPSA) is 123 Å². The second-order valence-electron chi connectivity index (χ2n) is 7.93. The number of benzene rings is 2. The number of nitrogens with one attached hydrogen (secondary N) is 3. The first kappa shape index (κ1) is 24.6. The van der Waals surface area contributed by atoms with Gasteiger partial charge in [0.1, 0.15) is 23.0 Å². The molecule has 0 radical (unpaired) electrons. The molecule has 0 fully saturated rings. The van der Waals surface area contributed by atoms with Gasteiger partial charge in [-0.15, -0.1) is 0 Å². The van der Waals surface area contributed by atoms with E-state index in [2.05, 4.69) is 20.7 Å². The van der Waals surface area contributed by atoms with Crippen LogP contribution in [0.5, 0.6) is 0 Å². The molecule has 0 aliphatic heterocycles. The molecule has 11 heteroatoms. The van der Waals surface area contributed by atoms with E-state index in [-0.39, 0.29) is 42.5 Å². The van der Waals surface area contributed by atoms with Gasteiger partial charge in [0.05, 0.1) is 30.6 Å². The number of nitrogens with zero attached hydrogens (tertiary/aromatic N) is 3. The van der Waals surface area contributed by atoms with E-state index in [9.17, 15) is 18.8 Å². The summed E-state index contributed by atoms with van der Waals surface area (Å²) in [6, 6.07) is 15.4. The quantitative estimate of drug-likeness (QED) is 0.330. The van der Waals surface area contributed by atoms with Crippen molar-refractivity contribution in [3.05, 3.63) is 104 Å². The highest BCUT2D eigenvalue weighted by molar-refractivity contribution is 6.05. The van der Waals surface area contributed by atoms with Gasteiger partial charge in [-0.05, 0) is 24.6 Å². The molecule has 0 atom stereocenters. The van der Waals surface area contributed by atoms with Crippen LogP contribution in [0.25, 0.3) is 5.69 Å². The van der Waals surface area contributed by atoms with E-state index in [1.165, 1.54) is 28.6 Å². The highest BCUT2D eigenvalue weighted by Gasteiger charge is 2.22. The lowest BCUT2D eigenvalue weighted by atomic mass is 10.2. The molecule has 4 rings (SSSR count). The van der Waals surface area contributed by atoms with Crippen molar-refractivity contribution in [1.29, 1.82) is 0 Å². The van der Waals surface area contributed by atoms with Crippen LogP contribution >= 0.6 is 0 Å². The third-order valence-electron chi connectivity index (χ3n) is 5.60. The Hall–Kier alpha value is -4.51. The number of hydrogen-bond acceptors (Lipinski definition) is 6. The predicted molar refractivity (Wildman–Crippen MR) is 133 cm³/mol. The fourth-order valence-electron chi connectivity index (χ4n) is 3.72. The molecule has 10 nitrogen and oxygen atoms in total. The number of methoxy groups -OCH3 is 1. The molecule has 0 saturated carbocycles. The second-order valence-corrected chi connectivity index (χ2v) is 7.93. The average Bonchev–Trinajstić information content (AvgIpc) is 3.25. The van der Waals surface area contributed by atoms with Gasteiger partial charge < -0.3 is 15.4 Å². The largest absolute Gasteiger partial charge is 0.383 e. The summed E-state index contributed by atoms with van der Waals surface area (Å²) in [5, 5.41) is 9.86. The fourth-order valence-corrected chi connectivity index (χ4v) is 3.72. The number of aromatic nitrogens is 4. The maximum Gasteiger partial charge on any atom is 0.330 e. The fraction of sp³-hybridized carbons (Fsp3) is 0.200. The van der Waals surface area contributed by atoms with Gasteiger partial charge in [-0.3, -0.25) is 19.1 Å².